The van der Waals surface area contributed by atoms with Crippen molar-refractivity contribution < 1.29 is 9.53 Å². The maximum Gasteiger partial charge on any atom is 0.255 e. The van der Waals surface area contributed by atoms with Crippen molar-refractivity contribution in [1.29, 1.82) is 0 Å². The van der Waals surface area contributed by atoms with Gasteiger partial charge in [0, 0.05) is 22.2 Å². The van der Waals surface area contributed by atoms with Gasteiger partial charge in [0.25, 0.3) is 5.91 Å². The van der Waals surface area contributed by atoms with Gasteiger partial charge in [0.15, 0.2) is 0 Å². The van der Waals surface area contributed by atoms with Gasteiger partial charge in [-0.05, 0) is 55.2 Å². The molecule has 1 atom stereocenters. The van der Waals surface area contributed by atoms with E-state index in [1.165, 1.54) is 10.9 Å². The number of rotatable bonds is 4. The lowest BCUT2D eigenvalue weighted by atomic mass is 9.91. The molecule has 0 unspecified atom stereocenters. The number of hydrogen-bond acceptors (Lipinski definition) is 3. The molecule has 2 aromatic heterocycles. The summed E-state index contributed by atoms with van der Waals surface area (Å²) in [5.41, 5.74) is 5.71. The van der Waals surface area contributed by atoms with Gasteiger partial charge in [0.1, 0.15) is 5.75 Å². The topological polar surface area (TPSA) is 82.8 Å². The molecule has 0 fully saturated rings. The van der Waals surface area contributed by atoms with Crippen LogP contribution in [0.25, 0.3) is 22.2 Å². The van der Waals surface area contributed by atoms with E-state index in [0.29, 0.717) is 11.3 Å². The number of para-hydroxylation sites is 1. The highest BCUT2D eigenvalue weighted by atomic mass is 16.5. The number of nitrogens with zero attached hydrogens (tertiary/aromatic N) is 1. The molecule has 1 aliphatic rings. The van der Waals surface area contributed by atoms with E-state index in [4.69, 9.17) is 4.74 Å². The first-order valence-electron chi connectivity index (χ1n) is 9.82. The lowest BCUT2D eigenvalue weighted by Crippen LogP contribution is -2.31. The second-order valence-corrected chi connectivity index (χ2v) is 7.37. The minimum Gasteiger partial charge on any atom is -0.497 e. The van der Waals surface area contributed by atoms with Crippen molar-refractivity contribution >= 4 is 16.8 Å². The van der Waals surface area contributed by atoms with Crippen LogP contribution in [0.1, 0.15) is 40.5 Å². The molecular formula is C23H22N4O2. The molecule has 6 nitrogen and oxygen atoms in total. The first kappa shape index (κ1) is 17.6. The van der Waals surface area contributed by atoms with Gasteiger partial charge in [-0.2, -0.15) is 5.10 Å². The summed E-state index contributed by atoms with van der Waals surface area (Å²) in [6.07, 6.45) is 4.59. The number of carbonyl (C=O) groups is 1. The van der Waals surface area contributed by atoms with Crippen LogP contribution < -0.4 is 10.1 Å². The standard InChI is InChI=1S/C23H22N4O2/c1-29-15-11-9-14(10-12-15)21-18(13-24-27-21)23(28)26-20-8-4-6-17-16-5-2-3-7-19(16)25-22(17)20/h2-3,5,7,9-13,20,25H,4,6,8H2,1H3,(H,24,27)(H,26,28)/t20-/m1/s1. The molecule has 6 heteroatoms. The highest BCUT2D eigenvalue weighted by Gasteiger charge is 2.27. The maximum atomic E-state index is 13.1. The molecule has 0 saturated heterocycles. The SMILES string of the molecule is COc1ccc(-c2[nH]ncc2C(=O)N[C@@H]2CCCc3c2[nH]c2ccccc32)cc1. The number of aryl methyl sites for hydroxylation is 1. The number of hydrogen-bond donors (Lipinski definition) is 3. The Balaban J connectivity index is 1.43. The Bertz CT molecular complexity index is 1170. The number of methoxy groups -OCH3 is 1. The Labute approximate surface area is 168 Å². The van der Waals surface area contributed by atoms with E-state index >= 15 is 0 Å². The fourth-order valence-electron chi connectivity index (χ4n) is 4.23. The van der Waals surface area contributed by atoms with Gasteiger partial charge in [-0.15, -0.1) is 0 Å². The van der Waals surface area contributed by atoms with Crippen LogP contribution in [0, 0.1) is 0 Å². The molecule has 1 amide bonds. The molecular weight excluding hydrogens is 364 g/mol. The number of aromatic nitrogens is 3. The Kier molecular flexibility index (Phi) is 4.31. The molecule has 2 heterocycles. The number of benzene rings is 2. The number of aromatic amines is 2. The number of amides is 1. The van der Waals surface area contributed by atoms with E-state index in [2.05, 4.69) is 38.7 Å². The molecule has 4 aromatic rings. The molecule has 0 radical (unpaired) electrons. The number of ether oxygens (including phenoxy) is 1. The van der Waals surface area contributed by atoms with Gasteiger partial charge in [-0.1, -0.05) is 18.2 Å². The molecule has 0 aliphatic heterocycles. The van der Waals surface area contributed by atoms with E-state index < -0.39 is 0 Å². The van der Waals surface area contributed by atoms with Crippen molar-refractivity contribution in [2.24, 2.45) is 0 Å². The fourth-order valence-corrected chi connectivity index (χ4v) is 4.23. The molecule has 2 aromatic carbocycles. The fraction of sp³-hybridized carbons (Fsp3) is 0.217. The summed E-state index contributed by atoms with van der Waals surface area (Å²) in [6, 6.07) is 15.9. The van der Waals surface area contributed by atoms with Gasteiger partial charge in [0.05, 0.1) is 30.6 Å². The van der Waals surface area contributed by atoms with Crippen LogP contribution in [0.15, 0.2) is 54.7 Å². The number of nitrogens with one attached hydrogen (secondary N) is 3. The Morgan fingerprint density at radius 1 is 1.17 bits per heavy atom. The highest BCUT2D eigenvalue weighted by Crippen LogP contribution is 2.35. The lowest BCUT2D eigenvalue weighted by Gasteiger charge is -2.23. The summed E-state index contributed by atoms with van der Waals surface area (Å²) in [5.74, 6) is 0.647. The molecule has 0 saturated carbocycles. The van der Waals surface area contributed by atoms with E-state index in [0.717, 1.165) is 41.8 Å². The molecule has 3 N–H and O–H groups in total. The van der Waals surface area contributed by atoms with Gasteiger partial charge >= 0.3 is 0 Å². The predicted octanol–water partition coefficient (Wildman–Crippen LogP) is 4.37. The van der Waals surface area contributed by atoms with Gasteiger partial charge in [-0.25, -0.2) is 0 Å². The van der Waals surface area contributed by atoms with Crippen LogP contribution in [-0.4, -0.2) is 28.2 Å². The Morgan fingerprint density at radius 3 is 2.83 bits per heavy atom. The zero-order chi connectivity index (χ0) is 19.8. The molecule has 29 heavy (non-hydrogen) atoms. The summed E-state index contributed by atoms with van der Waals surface area (Å²) >= 11 is 0. The number of H-pyrrole nitrogens is 2. The zero-order valence-corrected chi connectivity index (χ0v) is 16.2. The molecule has 1 aliphatic carbocycles. The van der Waals surface area contributed by atoms with E-state index in [-0.39, 0.29) is 11.9 Å². The van der Waals surface area contributed by atoms with Crippen molar-refractivity contribution in [1.82, 2.24) is 20.5 Å². The van der Waals surface area contributed by atoms with Gasteiger partial charge < -0.3 is 15.0 Å². The Morgan fingerprint density at radius 2 is 2.00 bits per heavy atom. The molecule has 5 rings (SSSR count). The third kappa shape index (κ3) is 3.06. The molecule has 146 valence electrons. The van der Waals surface area contributed by atoms with Crippen molar-refractivity contribution in [3.05, 3.63) is 71.5 Å². The van der Waals surface area contributed by atoms with Crippen molar-refractivity contribution in [3.63, 3.8) is 0 Å². The van der Waals surface area contributed by atoms with E-state index in [1.807, 2.05) is 30.3 Å². The van der Waals surface area contributed by atoms with Crippen LogP contribution in [0.4, 0.5) is 0 Å². The smallest absolute Gasteiger partial charge is 0.255 e. The second kappa shape index (κ2) is 7.13. The third-order valence-electron chi connectivity index (χ3n) is 5.68. The summed E-state index contributed by atoms with van der Waals surface area (Å²) < 4.78 is 5.21. The highest BCUT2D eigenvalue weighted by molar-refractivity contribution is 6.00. The lowest BCUT2D eigenvalue weighted by molar-refractivity contribution is 0.0932. The van der Waals surface area contributed by atoms with Crippen LogP contribution >= 0.6 is 0 Å². The zero-order valence-electron chi connectivity index (χ0n) is 16.2. The van der Waals surface area contributed by atoms with Crippen molar-refractivity contribution in [2.45, 2.75) is 25.3 Å². The molecule has 0 spiro atoms. The van der Waals surface area contributed by atoms with E-state index in [1.54, 1.807) is 13.3 Å². The maximum absolute atomic E-state index is 13.1. The quantitative estimate of drug-likeness (QED) is 0.487. The molecule has 0 bridgehead atoms. The van der Waals surface area contributed by atoms with Gasteiger partial charge in [-0.3, -0.25) is 9.89 Å². The minimum absolute atomic E-state index is 0.0303. The second-order valence-electron chi connectivity index (χ2n) is 7.37. The average Bonchev–Trinajstić information content (AvgIpc) is 3.39. The summed E-state index contributed by atoms with van der Waals surface area (Å²) in [4.78, 5) is 16.6. The van der Waals surface area contributed by atoms with Crippen LogP contribution in [0.2, 0.25) is 0 Å². The minimum atomic E-state index is -0.124. The largest absolute Gasteiger partial charge is 0.497 e. The monoisotopic (exact) mass is 386 g/mol. The summed E-state index contributed by atoms with van der Waals surface area (Å²) in [7, 11) is 1.63. The first-order chi connectivity index (χ1) is 14.2. The van der Waals surface area contributed by atoms with Crippen LogP contribution in [-0.2, 0) is 6.42 Å². The van der Waals surface area contributed by atoms with E-state index in [9.17, 15) is 4.79 Å². The van der Waals surface area contributed by atoms with Crippen molar-refractivity contribution in [3.8, 4) is 17.0 Å². The number of fused-ring (bicyclic) bond motifs is 3. The average molecular weight is 386 g/mol. The van der Waals surface area contributed by atoms with Crippen LogP contribution in [0.5, 0.6) is 5.75 Å². The van der Waals surface area contributed by atoms with Crippen LogP contribution in [0.3, 0.4) is 0 Å². The van der Waals surface area contributed by atoms with Crippen molar-refractivity contribution in [2.75, 3.05) is 7.11 Å². The third-order valence-corrected chi connectivity index (χ3v) is 5.68. The van der Waals surface area contributed by atoms with Gasteiger partial charge in [0.2, 0.25) is 0 Å². The number of carbonyl (C=O) groups excluding carboxylic acids is 1. The summed E-state index contributed by atoms with van der Waals surface area (Å²) in [6.45, 7) is 0. The summed E-state index contributed by atoms with van der Waals surface area (Å²) in [5, 5.41) is 11.5. The first-order valence-corrected chi connectivity index (χ1v) is 9.82. The Hall–Kier alpha value is -3.54. The normalized spacial score (nSPS) is 15.8. The predicted molar refractivity (Wildman–Crippen MR) is 112 cm³/mol.